The minimum absolute atomic E-state index is 0.181. The second-order valence-electron chi connectivity index (χ2n) is 10.1. The maximum atomic E-state index is 10.8. The summed E-state index contributed by atoms with van der Waals surface area (Å²) >= 11 is 0. The first-order chi connectivity index (χ1) is 11.0. The van der Waals surface area contributed by atoms with E-state index in [0.717, 1.165) is 30.5 Å². The van der Waals surface area contributed by atoms with E-state index in [4.69, 9.17) is 0 Å². The maximum Gasteiger partial charge on any atom is 0.122 e. The van der Waals surface area contributed by atoms with Crippen LogP contribution in [0.25, 0.3) is 0 Å². The van der Waals surface area contributed by atoms with Crippen LogP contribution in [0.2, 0.25) is 0 Å². The second-order valence-corrected chi connectivity index (χ2v) is 10.1. The van der Waals surface area contributed by atoms with Crippen molar-refractivity contribution in [3.8, 4) is 5.75 Å². The summed E-state index contributed by atoms with van der Waals surface area (Å²) in [5.74, 6) is 0.530. The molecule has 2 rings (SSSR count). The molecule has 0 bridgehead atoms. The van der Waals surface area contributed by atoms with Gasteiger partial charge in [0.05, 0.1) is 0 Å². The van der Waals surface area contributed by atoms with E-state index in [1.54, 1.807) is 0 Å². The fraction of sp³-hybridized carbons (Fsp3) is 0.727. The van der Waals surface area contributed by atoms with Crippen LogP contribution in [0.4, 0.5) is 0 Å². The standard InChI is InChI=1S/C22H37NO/c1-21(2,3)14-18-12-17(16-23-10-8-7-9-11-23)13-19(20(18)24)15-22(4,5)6/h12-13,24H,7-11,14-16H2,1-6H3. The molecule has 1 heterocycles. The van der Waals surface area contributed by atoms with Crippen LogP contribution in [0.3, 0.4) is 0 Å². The average molecular weight is 332 g/mol. The van der Waals surface area contributed by atoms with Crippen molar-refractivity contribution in [2.75, 3.05) is 13.1 Å². The van der Waals surface area contributed by atoms with E-state index in [-0.39, 0.29) is 10.8 Å². The van der Waals surface area contributed by atoms with Crippen LogP contribution < -0.4 is 0 Å². The molecular weight excluding hydrogens is 294 g/mol. The van der Waals surface area contributed by atoms with Gasteiger partial charge in [-0.25, -0.2) is 0 Å². The number of likely N-dealkylation sites (tertiary alicyclic amines) is 1. The first-order valence-corrected chi connectivity index (χ1v) is 9.59. The van der Waals surface area contributed by atoms with E-state index in [2.05, 4.69) is 58.6 Å². The Kier molecular flexibility index (Phi) is 6.01. The Morgan fingerprint density at radius 1 is 0.833 bits per heavy atom. The lowest BCUT2D eigenvalue weighted by Gasteiger charge is -2.28. The van der Waals surface area contributed by atoms with Crippen molar-refractivity contribution in [3.05, 3.63) is 28.8 Å². The number of hydrogen-bond donors (Lipinski definition) is 1. The Labute approximate surface area is 149 Å². The fourth-order valence-corrected chi connectivity index (χ4v) is 3.71. The summed E-state index contributed by atoms with van der Waals surface area (Å²) in [5, 5.41) is 10.8. The number of piperidine rings is 1. The lowest BCUT2D eigenvalue weighted by molar-refractivity contribution is 0.220. The Balaban J connectivity index is 2.31. The molecule has 136 valence electrons. The zero-order chi connectivity index (χ0) is 18.0. The summed E-state index contributed by atoms with van der Waals surface area (Å²) in [6, 6.07) is 4.50. The van der Waals surface area contributed by atoms with E-state index in [0.29, 0.717) is 5.75 Å². The van der Waals surface area contributed by atoms with Gasteiger partial charge in [-0.05, 0) is 66.3 Å². The Hall–Kier alpha value is -1.02. The smallest absolute Gasteiger partial charge is 0.122 e. The number of nitrogens with zero attached hydrogens (tertiary/aromatic N) is 1. The van der Waals surface area contributed by atoms with Gasteiger partial charge < -0.3 is 5.11 Å². The summed E-state index contributed by atoms with van der Waals surface area (Å²) in [6.45, 7) is 16.9. The monoisotopic (exact) mass is 331 g/mol. The fourth-order valence-electron chi connectivity index (χ4n) is 3.71. The molecule has 1 aliphatic heterocycles. The predicted octanol–water partition coefficient (Wildman–Crippen LogP) is 5.56. The largest absolute Gasteiger partial charge is 0.507 e. The molecule has 0 unspecified atom stereocenters. The zero-order valence-corrected chi connectivity index (χ0v) is 16.7. The van der Waals surface area contributed by atoms with Crippen molar-refractivity contribution in [2.45, 2.75) is 80.2 Å². The van der Waals surface area contributed by atoms with Gasteiger partial charge in [0.25, 0.3) is 0 Å². The van der Waals surface area contributed by atoms with Crippen molar-refractivity contribution in [2.24, 2.45) is 10.8 Å². The SMILES string of the molecule is CC(C)(C)Cc1cc(CN2CCCCC2)cc(CC(C)(C)C)c1O. The van der Waals surface area contributed by atoms with E-state index in [1.165, 1.54) is 37.9 Å². The molecule has 1 aromatic rings. The van der Waals surface area contributed by atoms with Gasteiger partial charge in [0.15, 0.2) is 0 Å². The van der Waals surface area contributed by atoms with Crippen LogP contribution in [0.15, 0.2) is 12.1 Å². The van der Waals surface area contributed by atoms with Crippen LogP contribution >= 0.6 is 0 Å². The van der Waals surface area contributed by atoms with E-state index >= 15 is 0 Å². The van der Waals surface area contributed by atoms with Gasteiger partial charge >= 0.3 is 0 Å². The van der Waals surface area contributed by atoms with Gasteiger partial charge in [-0.1, -0.05) is 60.1 Å². The maximum absolute atomic E-state index is 10.8. The highest BCUT2D eigenvalue weighted by Gasteiger charge is 2.21. The van der Waals surface area contributed by atoms with Gasteiger partial charge in [-0.15, -0.1) is 0 Å². The first-order valence-electron chi connectivity index (χ1n) is 9.59. The summed E-state index contributed by atoms with van der Waals surface area (Å²) in [7, 11) is 0. The number of phenols is 1. The van der Waals surface area contributed by atoms with Gasteiger partial charge in [0.2, 0.25) is 0 Å². The molecule has 0 aromatic heterocycles. The number of benzene rings is 1. The molecule has 0 saturated carbocycles. The second kappa shape index (κ2) is 7.47. The third-order valence-electron chi connectivity index (χ3n) is 4.62. The minimum atomic E-state index is 0.181. The third-order valence-corrected chi connectivity index (χ3v) is 4.62. The Morgan fingerprint density at radius 2 is 1.29 bits per heavy atom. The van der Waals surface area contributed by atoms with Crippen LogP contribution in [0.1, 0.15) is 77.5 Å². The Morgan fingerprint density at radius 3 is 1.71 bits per heavy atom. The number of aromatic hydroxyl groups is 1. The lowest BCUT2D eigenvalue weighted by atomic mass is 9.83. The molecule has 0 amide bonds. The van der Waals surface area contributed by atoms with Crippen molar-refractivity contribution < 1.29 is 5.11 Å². The van der Waals surface area contributed by atoms with Crippen LogP contribution in [-0.2, 0) is 19.4 Å². The van der Waals surface area contributed by atoms with E-state index in [9.17, 15) is 5.11 Å². The van der Waals surface area contributed by atoms with Crippen LogP contribution in [-0.4, -0.2) is 23.1 Å². The van der Waals surface area contributed by atoms with Crippen molar-refractivity contribution in [3.63, 3.8) is 0 Å². The highest BCUT2D eigenvalue weighted by Crippen LogP contribution is 2.34. The highest BCUT2D eigenvalue weighted by atomic mass is 16.3. The van der Waals surface area contributed by atoms with Crippen molar-refractivity contribution >= 4 is 0 Å². The third kappa shape index (κ3) is 6.12. The molecule has 2 nitrogen and oxygen atoms in total. The normalized spacial score (nSPS) is 17.2. The average Bonchev–Trinajstić information content (AvgIpc) is 2.42. The van der Waals surface area contributed by atoms with E-state index in [1.807, 2.05) is 0 Å². The van der Waals surface area contributed by atoms with Gasteiger partial charge in [-0.3, -0.25) is 4.90 Å². The quantitative estimate of drug-likeness (QED) is 0.781. The molecule has 0 aliphatic carbocycles. The molecule has 24 heavy (non-hydrogen) atoms. The van der Waals surface area contributed by atoms with Gasteiger partial charge in [0, 0.05) is 6.54 Å². The highest BCUT2D eigenvalue weighted by molar-refractivity contribution is 5.45. The minimum Gasteiger partial charge on any atom is -0.507 e. The Bertz CT molecular complexity index is 505. The molecule has 0 radical (unpaired) electrons. The molecule has 1 aliphatic rings. The molecule has 0 spiro atoms. The van der Waals surface area contributed by atoms with E-state index < -0.39 is 0 Å². The topological polar surface area (TPSA) is 23.5 Å². The summed E-state index contributed by atoms with van der Waals surface area (Å²) < 4.78 is 0. The summed E-state index contributed by atoms with van der Waals surface area (Å²) in [6.07, 6.45) is 5.85. The van der Waals surface area contributed by atoms with Crippen molar-refractivity contribution in [1.29, 1.82) is 0 Å². The molecular formula is C22H37NO. The molecule has 1 saturated heterocycles. The van der Waals surface area contributed by atoms with Crippen LogP contribution in [0, 0.1) is 10.8 Å². The van der Waals surface area contributed by atoms with Crippen LogP contribution in [0.5, 0.6) is 5.75 Å². The van der Waals surface area contributed by atoms with Crippen molar-refractivity contribution in [1.82, 2.24) is 4.90 Å². The zero-order valence-electron chi connectivity index (χ0n) is 16.7. The summed E-state index contributed by atoms with van der Waals surface area (Å²) in [5.41, 5.74) is 3.97. The van der Waals surface area contributed by atoms with Gasteiger partial charge in [0.1, 0.15) is 5.75 Å². The number of phenolic OH excluding ortho intramolecular Hbond substituents is 1. The first kappa shape index (κ1) is 19.3. The molecule has 1 N–H and O–H groups in total. The molecule has 0 atom stereocenters. The predicted molar refractivity (Wildman–Crippen MR) is 104 cm³/mol. The number of hydrogen-bond acceptors (Lipinski definition) is 2. The molecule has 1 aromatic carbocycles. The van der Waals surface area contributed by atoms with Gasteiger partial charge in [-0.2, -0.15) is 0 Å². The lowest BCUT2D eigenvalue weighted by Crippen LogP contribution is -2.29. The molecule has 2 heteroatoms. The number of rotatable bonds is 4. The molecule has 1 fully saturated rings. The summed E-state index contributed by atoms with van der Waals surface area (Å²) in [4.78, 5) is 2.57.